The number of likely N-dealkylation sites (tertiary alicyclic amines) is 1. The van der Waals surface area contributed by atoms with Crippen LogP contribution >= 0.6 is 0 Å². The maximum atomic E-state index is 12.2. The molecule has 110 valence electrons. The van der Waals surface area contributed by atoms with Crippen LogP contribution in [0, 0.1) is 5.92 Å². The fraction of sp³-hybridized carbons (Fsp3) is 0.786. The number of rotatable bonds is 4. The third kappa shape index (κ3) is 2.70. The third-order valence-electron chi connectivity index (χ3n) is 4.26. The van der Waals surface area contributed by atoms with Gasteiger partial charge in [-0.05, 0) is 32.6 Å². The number of carbonyl (C=O) groups is 1. The highest BCUT2D eigenvalue weighted by atomic mass is 16.5. The summed E-state index contributed by atoms with van der Waals surface area (Å²) in [5.74, 6) is 1.38. The van der Waals surface area contributed by atoms with E-state index >= 15 is 0 Å². The maximum absolute atomic E-state index is 12.2. The second-order valence-corrected chi connectivity index (χ2v) is 6.34. The summed E-state index contributed by atoms with van der Waals surface area (Å²) in [5.41, 5.74) is 0. The van der Waals surface area contributed by atoms with Gasteiger partial charge in [0.05, 0.1) is 0 Å². The van der Waals surface area contributed by atoms with Gasteiger partial charge in [0, 0.05) is 31.1 Å². The molecule has 2 atom stereocenters. The second kappa shape index (κ2) is 5.16. The largest absolute Gasteiger partial charge is 0.345 e. The Bertz CT molecular complexity index is 495. The minimum Gasteiger partial charge on any atom is -0.345 e. The average molecular weight is 278 g/mol. The van der Waals surface area contributed by atoms with Gasteiger partial charge in [-0.3, -0.25) is 9.69 Å². The Morgan fingerprint density at radius 3 is 2.75 bits per heavy atom. The van der Waals surface area contributed by atoms with E-state index in [4.69, 9.17) is 4.52 Å². The predicted octanol–water partition coefficient (Wildman–Crippen LogP) is 1.41. The average Bonchev–Trinajstić information content (AvgIpc) is 3.01. The zero-order valence-corrected chi connectivity index (χ0v) is 12.3. The molecule has 0 spiro atoms. The van der Waals surface area contributed by atoms with Gasteiger partial charge in [-0.25, -0.2) is 0 Å². The Balaban J connectivity index is 1.60. The van der Waals surface area contributed by atoms with Crippen molar-refractivity contribution in [3.63, 3.8) is 0 Å². The number of nitrogens with one attached hydrogen (secondary N) is 1. The van der Waals surface area contributed by atoms with Crippen molar-refractivity contribution in [1.29, 1.82) is 0 Å². The molecule has 2 heterocycles. The molecule has 1 amide bonds. The van der Waals surface area contributed by atoms with Crippen molar-refractivity contribution in [1.82, 2.24) is 20.4 Å². The van der Waals surface area contributed by atoms with Crippen molar-refractivity contribution in [3.8, 4) is 0 Å². The SMILES string of the molecule is CC(C)N1C[C@@H](C)[C@@H](NC(=O)c2noc(C3CC3)n2)C1. The molecule has 1 N–H and O–H groups in total. The first kappa shape index (κ1) is 13.5. The van der Waals surface area contributed by atoms with Crippen LogP contribution < -0.4 is 5.32 Å². The van der Waals surface area contributed by atoms with Crippen molar-refractivity contribution >= 4 is 5.91 Å². The molecule has 1 aliphatic carbocycles. The standard InChI is InChI=1S/C14H22N4O2/c1-8(2)18-6-9(3)11(7-18)15-13(19)12-16-14(20-17-12)10-4-5-10/h8-11H,4-7H2,1-3H3,(H,15,19)/t9-,11+/m1/s1. The van der Waals surface area contributed by atoms with Crippen LogP contribution in [-0.2, 0) is 0 Å². The van der Waals surface area contributed by atoms with Crippen LogP contribution in [0.5, 0.6) is 0 Å². The van der Waals surface area contributed by atoms with E-state index in [1.807, 2.05) is 0 Å². The van der Waals surface area contributed by atoms with E-state index in [1.165, 1.54) is 0 Å². The van der Waals surface area contributed by atoms with Gasteiger partial charge in [0.2, 0.25) is 5.89 Å². The zero-order chi connectivity index (χ0) is 14.3. The van der Waals surface area contributed by atoms with E-state index in [-0.39, 0.29) is 17.8 Å². The normalized spacial score (nSPS) is 27.2. The van der Waals surface area contributed by atoms with E-state index in [0.717, 1.165) is 25.9 Å². The van der Waals surface area contributed by atoms with Crippen molar-refractivity contribution < 1.29 is 9.32 Å². The van der Waals surface area contributed by atoms with Gasteiger partial charge in [0.25, 0.3) is 11.7 Å². The molecule has 1 aromatic rings. The number of amides is 1. The number of aromatic nitrogens is 2. The fourth-order valence-electron chi connectivity index (χ4n) is 2.67. The Kier molecular flexibility index (Phi) is 3.50. The zero-order valence-electron chi connectivity index (χ0n) is 12.3. The molecule has 0 radical (unpaired) electrons. The molecule has 1 aliphatic heterocycles. The molecule has 6 nitrogen and oxygen atoms in total. The Hall–Kier alpha value is -1.43. The van der Waals surface area contributed by atoms with Gasteiger partial charge in [0.1, 0.15) is 0 Å². The van der Waals surface area contributed by atoms with Crippen LogP contribution in [0.2, 0.25) is 0 Å². The van der Waals surface area contributed by atoms with E-state index in [1.54, 1.807) is 0 Å². The Morgan fingerprint density at radius 2 is 2.15 bits per heavy atom. The van der Waals surface area contributed by atoms with Gasteiger partial charge in [-0.15, -0.1) is 0 Å². The smallest absolute Gasteiger partial charge is 0.292 e. The van der Waals surface area contributed by atoms with Crippen molar-refractivity contribution in [2.75, 3.05) is 13.1 Å². The molecule has 2 aliphatic rings. The summed E-state index contributed by atoms with van der Waals surface area (Å²) in [4.78, 5) is 18.7. The minimum atomic E-state index is -0.219. The minimum absolute atomic E-state index is 0.160. The summed E-state index contributed by atoms with van der Waals surface area (Å²) in [6.07, 6.45) is 2.18. The molecule has 1 saturated carbocycles. The summed E-state index contributed by atoms with van der Waals surface area (Å²) >= 11 is 0. The van der Waals surface area contributed by atoms with Crippen LogP contribution in [0.3, 0.4) is 0 Å². The highest BCUT2D eigenvalue weighted by Gasteiger charge is 2.34. The molecule has 2 fully saturated rings. The molecule has 1 saturated heterocycles. The monoisotopic (exact) mass is 278 g/mol. The first-order chi connectivity index (χ1) is 9.54. The fourth-order valence-corrected chi connectivity index (χ4v) is 2.67. The molecule has 1 aromatic heterocycles. The first-order valence-corrected chi connectivity index (χ1v) is 7.43. The number of nitrogens with zero attached hydrogens (tertiary/aromatic N) is 3. The molecular weight excluding hydrogens is 256 g/mol. The van der Waals surface area contributed by atoms with Crippen LogP contribution in [0.4, 0.5) is 0 Å². The van der Waals surface area contributed by atoms with Crippen molar-refractivity contribution in [2.24, 2.45) is 5.92 Å². The van der Waals surface area contributed by atoms with Gasteiger partial charge in [-0.1, -0.05) is 12.1 Å². The summed E-state index contributed by atoms with van der Waals surface area (Å²) in [5, 5.41) is 6.82. The van der Waals surface area contributed by atoms with E-state index < -0.39 is 0 Å². The molecule has 6 heteroatoms. The number of hydrogen-bond acceptors (Lipinski definition) is 5. The molecule has 20 heavy (non-hydrogen) atoms. The van der Waals surface area contributed by atoms with Gasteiger partial charge >= 0.3 is 0 Å². The molecule has 0 unspecified atom stereocenters. The van der Waals surface area contributed by atoms with Crippen LogP contribution in [0.1, 0.15) is 56.0 Å². The van der Waals surface area contributed by atoms with E-state index in [9.17, 15) is 4.79 Å². The number of hydrogen-bond donors (Lipinski definition) is 1. The van der Waals surface area contributed by atoms with Crippen LogP contribution in [0.15, 0.2) is 4.52 Å². The topological polar surface area (TPSA) is 71.3 Å². The number of carbonyl (C=O) groups excluding carboxylic acids is 1. The van der Waals surface area contributed by atoms with E-state index in [0.29, 0.717) is 23.8 Å². The highest BCUT2D eigenvalue weighted by molar-refractivity contribution is 5.90. The third-order valence-corrected chi connectivity index (χ3v) is 4.26. The highest BCUT2D eigenvalue weighted by Crippen LogP contribution is 2.38. The summed E-state index contributed by atoms with van der Waals surface area (Å²) < 4.78 is 5.13. The molecule has 0 bridgehead atoms. The quantitative estimate of drug-likeness (QED) is 0.901. The lowest BCUT2D eigenvalue weighted by atomic mass is 10.1. The van der Waals surface area contributed by atoms with Crippen LogP contribution in [-0.4, -0.2) is 46.1 Å². The molecule has 0 aromatic carbocycles. The van der Waals surface area contributed by atoms with Crippen molar-refractivity contribution in [2.45, 2.75) is 51.6 Å². The lowest BCUT2D eigenvalue weighted by Crippen LogP contribution is -2.40. The summed E-state index contributed by atoms with van der Waals surface area (Å²) in [7, 11) is 0. The lowest BCUT2D eigenvalue weighted by molar-refractivity contribution is 0.0917. The Labute approximate surface area is 118 Å². The predicted molar refractivity (Wildman–Crippen MR) is 73.4 cm³/mol. The van der Waals surface area contributed by atoms with Crippen LogP contribution in [0.25, 0.3) is 0 Å². The second-order valence-electron chi connectivity index (χ2n) is 6.34. The molecular formula is C14H22N4O2. The van der Waals surface area contributed by atoms with E-state index in [2.05, 4.69) is 41.1 Å². The van der Waals surface area contributed by atoms with Crippen molar-refractivity contribution in [3.05, 3.63) is 11.7 Å². The summed E-state index contributed by atoms with van der Waals surface area (Å²) in [6.45, 7) is 8.43. The van der Waals surface area contributed by atoms with Gasteiger partial charge in [0.15, 0.2) is 0 Å². The van der Waals surface area contributed by atoms with Gasteiger partial charge < -0.3 is 9.84 Å². The Morgan fingerprint density at radius 1 is 1.40 bits per heavy atom. The molecule has 3 rings (SSSR count). The van der Waals surface area contributed by atoms with Gasteiger partial charge in [-0.2, -0.15) is 4.98 Å². The lowest BCUT2D eigenvalue weighted by Gasteiger charge is -2.20. The summed E-state index contributed by atoms with van der Waals surface area (Å²) in [6, 6.07) is 0.666. The maximum Gasteiger partial charge on any atom is 0.292 e. The first-order valence-electron chi connectivity index (χ1n) is 7.43.